The molecular formula is C15H15N3S. The molecule has 0 unspecified atom stereocenters. The van der Waals surface area contributed by atoms with Gasteiger partial charge in [-0.15, -0.1) is 0 Å². The minimum Gasteiger partial charge on any atom is -0.356 e. The molecule has 3 nitrogen and oxygen atoms in total. The molecule has 19 heavy (non-hydrogen) atoms. The summed E-state index contributed by atoms with van der Waals surface area (Å²) < 4.78 is 1.23. The van der Waals surface area contributed by atoms with Crippen LogP contribution in [0, 0.1) is 13.8 Å². The van der Waals surface area contributed by atoms with Crippen molar-refractivity contribution in [1.82, 2.24) is 9.97 Å². The maximum absolute atomic E-state index is 4.67. The molecule has 0 fully saturated rings. The van der Waals surface area contributed by atoms with E-state index >= 15 is 0 Å². The Balaban J connectivity index is 1.84. The van der Waals surface area contributed by atoms with Crippen LogP contribution < -0.4 is 5.32 Å². The van der Waals surface area contributed by atoms with Crippen LogP contribution in [0.5, 0.6) is 0 Å². The zero-order chi connectivity index (χ0) is 13.2. The molecule has 0 aliphatic carbocycles. The number of hydrogen-bond donors (Lipinski definition) is 1. The molecule has 1 N–H and O–H groups in total. The van der Waals surface area contributed by atoms with E-state index in [1.54, 1.807) is 11.3 Å². The van der Waals surface area contributed by atoms with E-state index < -0.39 is 0 Å². The van der Waals surface area contributed by atoms with Crippen LogP contribution >= 0.6 is 11.3 Å². The lowest BCUT2D eigenvalue weighted by molar-refractivity contribution is 1.04. The summed E-state index contributed by atoms with van der Waals surface area (Å²) >= 11 is 1.69. The lowest BCUT2D eigenvalue weighted by atomic mass is 10.1. The molecular weight excluding hydrogens is 254 g/mol. The van der Waals surface area contributed by atoms with E-state index in [-0.39, 0.29) is 0 Å². The van der Waals surface area contributed by atoms with Gasteiger partial charge in [0.1, 0.15) is 0 Å². The summed E-state index contributed by atoms with van der Waals surface area (Å²) in [4.78, 5) is 8.96. The van der Waals surface area contributed by atoms with Crippen molar-refractivity contribution >= 4 is 26.7 Å². The highest BCUT2D eigenvalue weighted by atomic mass is 32.1. The Kier molecular flexibility index (Phi) is 3.17. The highest BCUT2D eigenvalue weighted by Gasteiger charge is 2.07. The van der Waals surface area contributed by atoms with Gasteiger partial charge in [-0.3, -0.25) is 4.98 Å². The number of hydrogen-bond acceptors (Lipinski definition) is 4. The number of benzene rings is 1. The van der Waals surface area contributed by atoms with Gasteiger partial charge in [-0.25, -0.2) is 4.98 Å². The molecule has 2 aromatic heterocycles. The van der Waals surface area contributed by atoms with Crippen molar-refractivity contribution < 1.29 is 0 Å². The SMILES string of the molecule is Cc1ccc2sc(NCc3ccccn3)nc2c1C. The first kappa shape index (κ1) is 12.1. The minimum absolute atomic E-state index is 0.707. The summed E-state index contributed by atoms with van der Waals surface area (Å²) in [6, 6.07) is 10.2. The van der Waals surface area contributed by atoms with Gasteiger partial charge in [-0.2, -0.15) is 0 Å². The lowest BCUT2D eigenvalue weighted by Gasteiger charge is -2.00. The van der Waals surface area contributed by atoms with Gasteiger partial charge in [0.15, 0.2) is 5.13 Å². The van der Waals surface area contributed by atoms with E-state index in [1.165, 1.54) is 15.8 Å². The lowest BCUT2D eigenvalue weighted by Crippen LogP contribution is -2.00. The molecule has 0 amide bonds. The van der Waals surface area contributed by atoms with Crippen LogP contribution in [0.25, 0.3) is 10.2 Å². The summed E-state index contributed by atoms with van der Waals surface area (Å²) in [5, 5.41) is 4.30. The maximum Gasteiger partial charge on any atom is 0.184 e. The van der Waals surface area contributed by atoms with E-state index in [0.717, 1.165) is 16.3 Å². The zero-order valence-electron chi connectivity index (χ0n) is 11.0. The maximum atomic E-state index is 4.67. The van der Waals surface area contributed by atoms with Gasteiger partial charge in [-0.1, -0.05) is 23.5 Å². The zero-order valence-corrected chi connectivity index (χ0v) is 11.8. The van der Waals surface area contributed by atoms with Crippen LogP contribution in [0.2, 0.25) is 0 Å². The van der Waals surface area contributed by atoms with Crippen LogP contribution in [-0.2, 0) is 6.54 Å². The molecule has 96 valence electrons. The Labute approximate surface area is 116 Å². The normalized spacial score (nSPS) is 10.8. The smallest absolute Gasteiger partial charge is 0.184 e. The van der Waals surface area contributed by atoms with Crippen molar-refractivity contribution in [2.45, 2.75) is 20.4 Å². The highest BCUT2D eigenvalue weighted by Crippen LogP contribution is 2.29. The number of fused-ring (bicyclic) bond motifs is 1. The molecule has 0 spiro atoms. The van der Waals surface area contributed by atoms with Crippen molar-refractivity contribution in [3.05, 3.63) is 53.3 Å². The first-order chi connectivity index (χ1) is 9.24. The van der Waals surface area contributed by atoms with Gasteiger partial charge in [0.05, 0.1) is 22.5 Å². The molecule has 0 radical (unpaired) electrons. The summed E-state index contributed by atoms with van der Waals surface area (Å²) in [7, 11) is 0. The fraction of sp³-hybridized carbons (Fsp3) is 0.200. The van der Waals surface area contributed by atoms with Crippen molar-refractivity contribution in [2.75, 3.05) is 5.32 Å². The Bertz CT molecular complexity index is 704. The van der Waals surface area contributed by atoms with Crippen molar-refractivity contribution in [2.24, 2.45) is 0 Å². The first-order valence-electron chi connectivity index (χ1n) is 6.24. The largest absolute Gasteiger partial charge is 0.356 e. The second kappa shape index (κ2) is 4.97. The molecule has 0 aliphatic rings. The van der Waals surface area contributed by atoms with Crippen LogP contribution in [0.4, 0.5) is 5.13 Å². The number of aromatic nitrogens is 2. The van der Waals surface area contributed by atoms with Crippen molar-refractivity contribution in [3.63, 3.8) is 0 Å². The number of pyridine rings is 1. The molecule has 1 aromatic carbocycles. The highest BCUT2D eigenvalue weighted by molar-refractivity contribution is 7.22. The first-order valence-corrected chi connectivity index (χ1v) is 7.06. The second-order valence-electron chi connectivity index (χ2n) is 4.55. The standard InChI is InChI=1S/C15H15N3S/c1-10-6-7-13-14(11(10)2)18-15(19-13)17-9-12-5-3-4-8-16-12/h3-8H,9H2,1-2H3,(H,17,18). The number of anilines is 1. The fourth-order valence-electron chi connectivity index (χ4n) is 1.97. The topological polar surface area (TPSA) is 37.8 Å². The van der Waals surface area contributed by atoms with E-state index in [9.17, 15) is 0 Å². The van der Waals surface area contributed by atoms with Crippen molar-refractivity contribution in [3.8, 4) is 0 Å². The Morgan fingerprint density at radius 1 is 1.16 bits per heavy atom. The van der Waals surface area contributed by atoms with Crippen molar-refractivity contribution in [1.29, 1.82) is 0 Å². The number of nitrogens with one attached hydrogen (secondary N) is 1. The monoisotopic (exact) mass is 269 g/mol. The molecule has 0 atom stereocenters. The molecule has 0 saturated carbocycles. The number of rotatable bonds is 3. The van der Waals surface area contributed by atoms with E-state index in [1.807, 2.05) is 24.4 Å². The average Bonchev–Trinajstić information content (AvgIpc) is 2.86. The van der Waals surface area contributed by atoms with E-state index in [2.05, 4.69) is 41.3 Å². The molecule has 4 heteroatoms. The Morgan fingerprint density at radius 2 is 2.05 bits per heavy atom. The Morgan fingerprint density at radius 3 is 2.84 bits per heavy atom. The predicted octanol–water partition coefficient (Wildman–Crippen LogP) is 3.92. The third kappa shape index (κ3) is 2.44. The summed E-state index contributed by atoms with van der Waals surface area (Å²) in [6.45, 7) is 4.95. The van der Waals surface area contributed by atoms with Gasteiger partial charge in [0, 0.05) is 6.20 Å². The summed E-state index contributed by atoms with van der Waals surface area (Å²) in [6.07, 6.45) is 1.81. The van der Waals surface area contributed by atoms with E-state index in [4.69, 9.17) is 0 Å². The number of thiazole rings is 1. The van der Waals surface area contributed by atoms with Gasteiger partial charge < -0.3 is 5.32 Å². The second-order valence-corrected chi connectivity index (χ2v) is 5.58. The van der Waals surface area contributed by atoms with Gasteiger partial charge >= 0.3 is 0 Å². The number of aryl methyl sites for hydroxylation is 2. The van der Waals surface area contributed by atoms with Gasteiger partial charge in [0.25, 0.3) is 0 Å². The molecule has 2 heterocycles. The predicted molar refractivity (Wildman–Crippen MR) is 80.7 cm³/mol. The van der Waals surface area contributed by atoms with Crippen LogP contribution in [0.15, 0.2) is 36.5 Å². The van der Waals surface area contributed by atoms with Crippen LogP contribution in [0.1, 0.15) is 16.8 Å². The molecule has 3 aromatic rings. The van der Waals surface area contributed by atoms with Crippen LogP contribution in [-0.4, -0.2) is 9.97 Å². The Hall–Kier alpha value is -1.94. The third-order valence-corrected chi connectivity index (χ3v) is 4.21. The third-order valence-electron chi connectivity index (χ3n) is 3.23. The molecule has 0 bridgehead atoms. The average molecular weight is 269 g/mol. The molecule has 0 saturated heterocycles. The molecule has 0 aliphatic heterocycles. The minimum atomic E-state index is 0.707. The van der Waals surface area contributed by atoms with E-state index in [0.29, 0.717) is 6.54 Å². The van der Waals surface area contributed by atoms with Gasteiger partial charge in [-0.05, 0) is 43.2 Å². The number of nitrogens with zero attached hydrogens (tertiary/aromatic N) is 2. The summed E-state index contributed by atoms with van der Waals surface area (Å²) in [5.74, 6) is 0. The molecule has 3 rings (SSSR count). The summed E-state index contributed by atoms with van der Waals surface area (Å²) in [5.41, 5.74) is 4.68. The quantitative estimate of drug-likeness (QED) is 0.783. The van der Waals surface area contributed by atoms with Crippen LogP contribution in [0.3, 0.4) is 0 Å². The fourth-order valence-corrected chi connectivity index (χ4v) is 2.89. The van der Waals surface area contributed by atoms with Gasteiger partial charge in [0.2, 0.25) is 0 Å².